The highest BCUT2D eigenvalue weighted by atomic mass is 16.5. The fourth-order valence-corrected chi connectivity index (χ4v) is 8.30. The molecule has 0 radical (unpaired) electrons. The number of carbonyl (C=O) groups excluding carboxylic acids is 2. The number of aromatic amines is 1. The maximum atomic E-state index is 14.0. The van der Waals surface area contributed by atoms with Crippen molar-refractivity contribution in [3.05, 3.63) is 195 Å². The van der Waals surface area contributed by atoms with Gasteiger partial charge in [-0.3, -0.25) is 14.5 Å². The molecule has 2 aromatic heterocycles. The maximum Gasteiger partial charge on any atom is 0.347 e. The summed E-state index contributed by atoms with van der Waals surface area (Å²) in [5.41, 5.74) is 2.69. The van der Waals surface area contributed by atoms with E-state index in [0.29, 0.717) is 57.7 Å². The van der Waals surface area contributed by atoms with Crippen molar-refractivity contribution in [1.82, 2.24) is 15.2 Å². The van der Waals surface area contributed by atoms with Gasteiger partial charge in [0.2, 0.25) is 11.2 Å². The van der Waals surface area contributed by atoms with E-state index in [4.69, 9.17) is 9.15 Å². The summed E-state index contributed by atoms with van der Waals surface area (Å²) in [5, 5.41) is 37.1. The minimum Gasteiger partial charge on any atom is -0.506 e. The number of hydrogen-bond donors (Lipinski definition) is 5. The van der Waals surface area contributed by atoms with Crippen molar-refractivity contribution >= 4 is 22.7 Å². The van der Waals surface area contributed by atoms with E-state index in [-0.39, 0.29) is 48.1 Å². The molecule has 1 saturated heterocycles. The highest BCUT2D eigenvalue weighted by Crippen LogP contribution is 2.35. The number of phenols is 1. The highest BCUT2D eigenvalue weighted by Gasteiger charge is 2.42. The number of carbonyl (C=O) groups is 2. The fraction of sp³-hybridized carbons (Fsp3) is 0.250. The van der Waals surface area contributed by atoms with Gasteiger partial charge in [0, 0.05) is 60.6 Å². The van der Waals surface area contributed by atoms with E-state index < -0.39 is 17.7 Å². The number of ketones is 1. The first-order valence-corrected chi connectivity index (χ1v) is 21.4. The summed E-state index contributed by atoms with van der Waals surface area (Å²) in [4.78, 5) is 43.9. The number of aliphatic hydroxyl groups is 2. The van der Waals surface area contributed by atoms with E-state index in [9.17, 15) is 29.7 Å². The molecule has 0 bridgehead atoms. The van der Waals surface area contributed by atoms with E-state index in [0.717, 1.165) is 38.0 Å². The van der Waals surface area contributed by atoms with Crippen LogP contribution in [0.5, 0.6) is 5.75 Å². The summed E-state index contributed by atoms with van der Waals surface area (Å²) in [7, 11) is 0. The van der Waals surface area contributed by atoms with E-state index in [1.54, 1.807) is 66.7 Å². The molecule has 1 aliphatic heterocycles. The molecule has 11 nitrogen and oxygen atoms in total. The van der Waals surface area contributed by atoms with Crippen molar-refractivity contribution in [3.63, 3.8) is 0 Å². The first-order chi connectivity index (χ1) is 30.6. The number of aromatic hydroxyl groups is 1. The minimum atomic E-state index is -2.05. The lowest BCUT2D eigenvalue weighted by atomic mass is 9.85. The Labute approximate surface area is 365 Å². The van der Waals surface area contributed by atoms with E-state index in [2.05, 4.69) is 39.5 Å². The second-order valence-electron chi connectivity index (χ2n) is 16.3. The van der Waals surface area contributed by atoms with Gasteiger partial charge in [-0.2, -0.15) is 0 Å². The lowest BCUT2D eigenvalue weighted by Gasteiger charge is -2.33. The number of aromatic nitrogens is 1. The van der Waals surface area contributed by atoms with Crippen LogP contribution >= 0.6 is 0 Å². The molecule has 1 aliphatic rings. The Bertz CT molecular complexity index is 2710. The quantitative estimate of drug-likeness (QED) is 0.0451. The van der Waals surface area contributed by atoms with Crippen LogP contribution in [0.2, 0.25) is 0 Å². The number of piperidine rings is 1. The van der Waals surface area contributed by atoms with Gasteiger partial charge in [-0.15, -0.1) is 0 Å². The average molecular weight is 846 g/mol. The summed E-state index contributed by atoms with van der Waals surface area (Å²) in [6.07, 6.45) is 1.53. The maximum absolute atomic E-state index is 14.0. The summed E-state index contributed by atoms with van der Waals surface area (Å²) >= 11 is 0. The largest absolute Gasteiger partial charge is 0.506 e. The van der Waals surface area contributed by atoms with Crippen molar-refractivity contribution < 1.29 is 34.1 Å². The van der Waals surface area contributed by atoms with Crippen molar-refractivity contribution in [1.29, 1.82) is 0 Å². The van der Waals surface area contributed by atoms with Crippen LogP contribution in [-0.2, 0) is 34.6 Å². The molecule has 5 aromatic carbocycles. The van der Waals surface area contributed by atoms with Crippen molar-refractivity contribution in [2.75, 3.05) is 26.2 Å². The molecule has 0 saturated carbocycles. The number of benzene rings is 5. The van der Waals surface area contributed by atoms with Gasteiger partial charge in [0.15, 0.2) is 5.78 Å². The van der Waals surface area contributed by atoms with Crippen LogP contribution < -0.4 is 10.9 Å². The lowest BCUT2D eigenvalue weighted by Crippen LogP contribution is -2.40. The van der Waals surface area contributed by atoms with Crippen LogP contribution in [0.25, 0.3) is 22.2 Å². The zero-order valence-corrected chi connectivity index (χ0v) is 34.9. The minimum absolute atomic E-state index is 0.0358. The van der Waals surface area contributed by atoms with Gasteiger partial charge in [-0.1, -0.05) is 109 Å². The molecule has 322 valence electrons. The van der Waals surface area contributed by atoms with E-state index in [1.165, 1.54) is 17.7 Å². The average Bonchev–Trinajstić information content (AvgIpc) is 3.80. The van der Waals surface area contributed by atoms with Crippen LogP contribution in [0.4, 0.5) is 0 Å². The van der Waals surface area contributed by atoms with Crippen LogP contribution in [0.15, 0.2) is 155 Å². The molecule has 0 unspecified atom stereocenters. The Balaban J connectivity index is 0.848. The number of likely N-dealkylation sites (tertiary alicyclic amines) is 1. The Morgan fingerprint density at radius 1 is 0.825 bits per heavy atom. The Hall–Kier alpha value is -6.63. The van der Waals surface area contributed by atoms with Crippen LogP contribution in [0.1, 0.15) is 69.3 Å². The second-order valence-corrected chi connectivity index (χ2v) is 16.3. The van der Waals surface area contributed by atoms with Crippen molar-refractivity contribution in [2.45, 2.75) is 50.5 Å². The number of Topliss-reactive ketones (excluding diaryl/α,β-unsaturated/α-hetero) is 1. The van der Waals surface area contributed by atoms with Crippen LogP contribution in [-0.4, -0.2) is 63.2 Å². The van der Waals surface area contributed by atoms with Crippen LogP contribution in [0, 0.1) is 5.92 Å². The number of nitrogens with one attached hydrogen (secondary N) is 2. The first-order valence-electron chi connectivity index (χ1n) is 21.4. The number of esters is 1. The van der Waals surface area contributed by atoms with Gasteiger partial charge in [0.25, 0.3) is 0 Å². The molecule has 0 spiro atoms. The van der Waals surface area contributed by atoms with Gasteiger partial charge >= 0.3 is 5.97 Å². The normalized spacial score (nSPS) is 14.9. The number of nitrogens with zero attached hydrogens (tertiary/aromatic N) is 1. The number of ether oxygens (including phenoxy) is 1. The predicted octanol–water partition coefficient (Wildman–Crippen LogP) is 7.82. The van der Waals surface area contributed by atoms with Gasteiger partial charge in [0.1, 0.15) is 17.3 Å². The smallest absolute Gasteiger partial charge is 0.347 e. The molecule has 63 heavy (non-hydrogen) atoms. The number of aryl methyl sites for hydroxylation is 1. The summed E-state index contributed by atoms with van der Waals surface area (Å²) in [6, 6.07) is 43.4. The third-order valence-electron chi connectivity index (χ3n) is 11.9. The molecule has 3 heterocycles. The SMILES string of the molecule is O=C(CCc1ccc(-c2cccc([C@](O)(C(=O)OCC3CCN(Cc4ccccc4)CC3)c3ccccc3)c2)o1)c1ccc(CNC[C@H](O)c2ccc(O)c3[nH]c(=O)ccc23)cc1. The number of rotatable bonds is 17. The number of H-pyrrole nitrogens is 1. The second kappa shape index (κ2) is 19.6. The third-order valence-corrected chi connectivity index (χ3v) is 11.9. The van der Waals surface area contributed by atoms with Gasteiger partial charge in [-0.25, -0.2) is 4.79 Å². The number of aliphatic hydroxyl groups excluding tert-OH is 1. The Kier molecular flexibility index (Phi) is 13.4. The van der Waals surface area contributed by atoms with Gasteiger partial charge in [0.05, 0.1) is 18.2 Å². The number of phenolic OH excluding ortho intramolecular Hbond substituents is 1. The summed E-state index contributed by atoms with van der Waals surface area (Å²) in [6.45, 7) is 3.63. The lowest BCUT2D eigenvalue weighted by molar-refractivity contribution is -0.164. The standard InChI is InChI=1S/C52H51N3O8/c56-45(38-16-14-35(15-17-38)31-53-32-47(58)43-20-23-46(57)50-44(43)21-25-49(59)54-50)22-18-42-19-24-48(63-42)39-10-7-13-41(30-39)52(61,40-11-5-2-6-12-40)51(60)62-34-37-26-28-55(29-27-37)33-36-8-3-1-4-9-36/h1-17,19-21,23-25,30,37,47,53,57-58,61H,18,22,26-29,31-34H2,(H,54,59)/t47-,52-/m0/s1. The molecule has 7 aromatic rings. The highest BCUT2D eigenvalue weighted by molar-refractivity contribution is 5.96. The topological polar surface area (TPSA) is 165 Å². The molecule has 0 aliphatic carbocycles. The molecule has 0 amide bonds. The molecule has 8 rings (SSSR count). The molecule has 11 heteroatoms. The van der Waals surface area contributed by atoms with Crippen molar-refractivity contribution in [2.24, 2.45) is 5.92 Å². The monoisotopic (exact) mass is 845 g/mol. The number of hydrogen-bond acceptors (Lipinski definition) is 10. The van der Waals surface area contributed by atoms with E-state index >= 15 is 0 Å². The van der Waals surface area contributed by atoms with Gasteiger partial charge < -0.3 is 34.8 Å². The number of fused-ring (bicyclic) bond motifs is 1. The van der Waals surface area contributed by atoms with Gasteiger partial charge in [-0.05, 0) is 84.4 Å². The predicted molar refractivity (Wildman–Crippen MR) is 241 cm³/mol. The molecular weight excluding hydrogens is 795 g/mol. The van der Waals surface area contributed by atoms with Crippen LogP contribution in [0.3, 0.4) is 0 Å². The van der Waals surface area contributed by atoms with E-state index in [1.807, 2.05) is 42.5 Å². The Morgan fingerprint density at radius 3 is 2.32 bits per heavy atom. The first kappa shape index (κ1) is 43.0. The molecule has 5 N–H and O–H groups in total. The molecule has 2 atom stereocenters. The summed E-state index contributed by atoms with van der Waals surface area (Å²) in [5.74, 6) is 0.546. The number of pyridine rings is 1. The molecular formula is C52H51N3O8. The Morgan fingerprint density at radius 2 is 1.56 bits per heavy atom. The third kappa shape index (κ3) is 10.2. The zero-order chi connectivity index (χ0) is 43.8. The summed E-state index contributed by atoms with van der Waals surface area (Å²) < 4.78 is 12.1. The molecule has 1 fully saturated rings. The fourth-order valence-electron chi connectivity index (χ4n) is 8.30. The zero-order valence-electron chi connectivity index (χ0n) is 34.9. The number of furan rings is 1. The van der Waals surface area contributed by atoms with Crippen molar-refractivity contribution in [3.8, 4) is 17.1 Å².